The van der Waals surface area contributed by atoms with Gasteiger partial charge in [0.1, 0.15) is 17.9 Å². The first-order valence-electron chi connectivity index (χ1n) is 7.30. The van der Waals surface area contributed by atoms with Crippen LogP contribution in [-0.4, -0.2) is 22.6 Å². The lowest BCUT2D eigenvalue weighted by Gasteiger charge is -2.22. The van der Waals surface area contributed by atoms with Gasteiger partial charge in [-0.25, -0.2) is 4.98 Å². The maximum Gasteiger partial charge on any atom is 0.226 e. The van der Waals surface area contributed by atoms with E-state index >= 15 is 0 Å². The number of carbonyl (C=O) groups is 1. The van der Waals surface area contributed by atoms with Crippen molar-refractivity contribution < 1.29 is 9.53 Å². The molecule has 1 aliphatic rings. The predicted molar refractivity (Wildman–Crippen MR) is 89.5 cm³/mol. The number of methoxy groups -OCH3 is 1. The SMILES string of the molecule is COc1cccc(-n2cnc3c2NC(=O)C[C@H]3c2ccsc2)c1. The molecule has 0 radical (unpaired) electrons. The highest BCUT2D eigenvalue weighted by molar-refractivity contribution is 7.08. The lowest BCUT2D eigenvalue weighted by Crippen LogP contribution is -2.24. The number of fused-ring (bicyclic) bond motifs is 1. The Labute approximate surface area is 137 Å². The number of carbonyl (C=O) groups excluding carboxylic acids is 1. The Balaban J connectivity index is 1.82. The molecule has 0 unspecified atom stereocenters. The van der Waals surface area contributed by atoms with Gasteiger partial charge in [-0.1, -0.05) is 6.07 Å². The van der Waals surface area contributed by atoms with Crippen LogP contribution in [0.25, 0.3) is 5.69 Å². The van der Waals surface area contributed by atoms with Crippen LogP contribution in [0, 0.1) is 0 Å². The van der Waals surface area contributed by atoms with Crippen LogP contribution in [0.2, 0.25) is 0 Å². The van der Waals surface area contributed by atoms with Gasteiger partial charge in [-0.3, -0.25) is 9.36 Å². The van der Waals surface area contributed by atoms with Crippen molar-refractivity contribution in [2.24, 2.45) is 0 Å². The normalized spacial score (nSPS) is 16.7. The second kappa shape index (κ2) is 5.55. The summed E-state index contributed by atoms with van der Waals surface area (Å²) < 4.78 is 7.18. The number of hydrogen-bond donors (Lipinski definition) is 1. The summed E-state index contributed by atoms with van der Waals surface area (Å²) in [6.07, 6.45) is 2.18. The molecule has 1 atom stereocenters. The Morgan fingerprint density at radius 3 is 3.09 bits per heavy atom. The van der Waals surface area contributed by atoms with Crippen molar-refractivity contribution in [2.45, 2.75) is 12.3 Å². The van der Waals surface area contributed by atoms with E-state index in [-0.39, 0.29) is 11.8 Å². The average molecular weight is 325 g/mol. The van der Waals surface area contributed by atoms with Gasteiger partial charge in [0, 0.05) is 18.4 Å². The highest BCUT2D eigenvalue weighted by Crippen LogP contribution is 2.38. The van der Waals surface area contributed by atoms with Gasteiger partial charge >= 0.3 is 0 Å². The first-order valence-corrected chi connectivity index (χ1v) is 8.24. The maximum absolute atomic E-state index is 12.2. The summed E-state index contributed by atoms with van der Waals surface area (Å²) >= 11 is 1.63. The number of hydrogen-bond acceptors (Lipinski definition) is 4. The van der Waals surface area contributed by atoms with Crippen LogP contribution < -0.4 is 10.1 Å². The van der Waals surface area contributed by atoms with Crippen LogP contribution in [0.4, 0.5) is 5.82 Å². The fourth-order valence-corrected chi connectivity index (χ4v) is 3.63. The number of anilines is 1. The van der Waals surface area contributed by atoms with E-state index in [1.54, 1.807) is 24.8 Å². The summed E-state index contributed by atoms with van der Waals surface area (Å²) in [5, 5.41) is 7.07. The third kappa shape index (κ3) is 2.41. The van der Waals surface area contributed by atoms with Gasteiger partial charge in [0.15, 0.2) is 0 Å². The molecule has 4 rings (SSSR count). The molecule has 1 amide bonds. The molecule has 5 nitrogen and oxygen atoms in total. The smallest absolute Gasteiger partial charge is 0.226 e. The van der Waals surface area contributed by atoms with Gasteiger partial charge in [-0.05, 0) is 34.5 Å². The molecule has 3 aromatic rings. The van der Waals surface area contributed by atoms with E-state index in [2.05, 4.69) is 21.7 Å². The lowest BCUT2D eigenvalue weighted by molar-refractivity contribution is -0.116. The number of aromatic nitrogens is 2. The van der Waals surface area contributed by atoms with Gasteiger partial charge in [0.2, 0.25) is 5.91 Å². The predicted octanol–water partition coefficient (Wildman–Crippen LogP) is 3.42. The molecule has 0 spiro atoms. The summed E-state index contributed by atoms with van der Waals surface area (Å²) in [6, 6.07) is 9.75. The fraction of sp³-hybridized carbons (Fsp3) is 0.176. The zero-order valence-corrected chi connectivity index (χ0v) is 13.3. The largest absolute Gasteiger partial charge is 0.497 e. The maximum atomic E-state index is 12.2. The van der Waals surface area contributed by atoms with Crippen molar-refractivity contribution in [3.8, 4) is 11.4 Å². The van der Waals surface area contributed by atoms with E-state index < -0.39 is 0 Å². The fourth-order valence-electron chi connectivity index (χ4n) is 2.91. The molecule has 0 fully saturated rings. The summed E-state index contributed by atoms with van der Waals surface area (Å²) in [5.74, 6) is 1.53. The molecule has 116 valence electrons. The first kappa shape index (κ1) is 14.0. The monoisotopic (exact) mass is 325 g/mol. The molecule has 3 heterocycles. The van der Waals surface area contributed by atoms with Crippen LogP contribution in [0.3, 0.4) is 0 Å². The minimum Gasteiger partial charge on any atom is -0.497 e. The highest BCUT2D eigenvalue weighted by Gasteiger charge is 2.31. The van der Waals surface area contributed by atoms with Crippen LogP contribution in [-0.2, 0) is 4.79 Å². The zero-order valence-electron chi connectivity index (χ0n) is 12.5. The highest BCUT2D eigenvalue weighted by atomic mass is 32.1. The van der Waals surface area contributed by atoms with Gasteiger partial charge in [-0.2, -0.15) is 11.3 Å². The number of nitrogens with zero attached hydrogens (tertiary/aromatic N) is 2. The van der Waals surface area contributed by atoms with E-state index in [9.17, 15) is 4.79 Å². The number of imidazole rings is 1. The van der Waals surface area contributed by atoms with E-state index in [0.717, 1.165) is 28.5 Å². The summed E-state index contributed by atoms with van der Waals surface area (Å²) in [7, 11) is 1.64. The molecule has 0 saturated heterocycles. The molecule has 0 saturated carbocycles. The minimum absolute atomic E-state index is 0.0110. The van der Waals surface area contributed by atoms with Crippen molar-refractivity contribution in [2.75, 3.05) is 12.4 Å². The standard InChI is InChI=1S/C17H15N3O2S/c1-22-13-4-2-3-12(7-13)20-10-18-16-14(11-5-6-23-9-11)8-15(21)19-17(16)20/h2-7,9-10,14H,8H2,1H3,(H,19,21)/t14-/m0/s1. The van der Waals surface area contributed by atoms with E-state index in [4.69, 9.17) is 4.74 Å². The molecule has 23 heavy (non-hydrogen) atoms. The molecule has 1 aliphatic heterocycles. The molecule has 1 aromatic carbocycles. The number of nitrogens with one attached hydrogen (secondary N) is 1. The second-order valence-electron chi connectivity index (χ2n) is 5.41. The molecule has 6 heteroatoms. The summed E-state index contributed by atoms with van der Waals surface area (Å²) in [4.78, 5) is 16.7. The topological polar surface area (TPSA) is 56.1 Å². The number of benzene rings is 1. The van der Waals surface area contributed by atoms with Crippen molar-refractivity contribution in [3.05, 3.63) is 58.7 Å². The first-order chi connectivity index (χ1) is 11.3. The van der Waals surface area contributed by atoms with Crippen molar-refractivity contribution in [1.82, 2.24) is 9.55 Å². The molecular formula is C17H15N3O2S. The number of ether oxygens (including phenoxy) is 1. The summed E-state index contributed by atoms with van der Waals surface area (Å²) in [5.41, 5.74) is 2.96. The van der Waals surface area contributed by atoms with Crippen LogP contribution >= 0.6 is 11.3 Å². The molecule has 1 N–H and O–H groups in total. The van der Waals surface area contributed by atoms with E-state index in [0.29, 0.717) is 6.42 Å². The Hall–Kier alpha value is -2.60. The molecule has 2 aromatic heterocycles. The quantitative estimate of drug-likeness (QED) is 0.803. The van der Waals surface area contributed by atoms with Crippen molar-refractivity contribution in [3.63, 3.8) is 0 Å². The number of thiophene rings is 1. The molecule has 0 bridgehead atoms. The van der Waals surface area contributed by atoms with Gasteiger partial charge in [-0.15, -0.1) is 0 Å². The van der Waals surface area contributed by atoms with Crippen LogP contribution in [0.15, 0.2) is 47.4 Å². The minimum atomic E-state index is 0.0110. The van der Waals surface area contributed by atoms with E-state index in [1.807, 2.05) is 34.2 Å². The summed E-state index contributed by atoms with van der Waals surface area (Å²) in [6.45, 7) is 0. The third-order valence-electron chi connectivity index (χ3n) is 4.05. The Morgan fingerprint density at radius 1 is 1.39 bits per heavy atom. The Morgan fingerprint density at radius 2 is 2.30 bits per heavy atom. The van der Waals surface area contributed by atoms with Gasteiger partial charge < -0.3 is 10.1 Å². The molecule has 0 aliphatic carbocycles. The van der Waals surface area contributed by atoms with E-state index in [1.165, 1.54) is 0 Å². The second-order valence-corrected chi connectivity index (χ2v) is 6.19. The van der Waals surface area contributed by atoms with Crippen molar-refractivity contribution in [1.29, 1.82) is 0 Å². The Kier molecular flexibility index (Phi) is 3.38. The van der Waals surface area contributed by atoms with Crippen LogP contribution in [0.5, 0.6) is 5.75 Å². The van der Waals surface area contributed by atoms with Gasteiger partial charge in [0.25, 0.3) is 0 Å². The Bertz CT molecular complexity index is 855. The lowest BCUT2D eigenvalue weighted by atomic mass is 9.92. The van der Waals surface area contributed by atoms with Crippen molar-refractivity contribution >= 4 is 23.1 Å². The molecular weight excluding hydrogens is 310 g/mol. The van der Waals surface area contributed by atoms with Crippen LogP contribution in [0.1, 0.15) is 23.6 Å². The average Bonchev–Trinajstić information content (AvgIpc) is 3.23. The zero-order chi connectivity index (χ0) is 15.8. The van der Waals surface area contributed by atoms with Gasteiger partial charge in [0.05, 0.1) is 18.5 Å². The third-order valence-corrected chi connectivity index (χ3v) is 4.75. The number of rotatable bonds is 3. The number of amides is 1.